The van der Waals surface area contributed by atoms with Crippen LogP contribution >= 0.6 is 23.5 Å². The number of nitrogens with two attached hydrogens (primary N) is 3. The molecule has 9 unspecified atom stereocenters. The van der Waals surface area contributed by atoms with E-state index in [2.05, 4.69) is 74.8 Å². The Bertz CT molecular complexity index is 6640. The van der Waals surface area contributed by atoms with Gasteiger partial charge in [-0.3, -0.25) is 68.9 Å². The molecule has 11 aromatic rings. The molecule has 60 nitrogen and oxygen atoms in total. The molecular weight excluding hydrogens is 1910 g/mol. The number of aliphatic hydroxyl groups excluding tert-OH is 6. The van der Waals surface area contributed by atoms with Gasteiger partial charge in [-0.2, -0.15) is 15.0 Å². The van der Waals surface area contributed by atoms with Gasteiger partial charge in [0.15, 0.2) is 70.9 Å². The van der Waals surface area contributed by atoms with Crippen molar-refractivity contribution >= 4 is 74.8 Å². The number of anilines is 3. The SMILES string of the molecule is COC1[C@@H](O)[C@@H](COP(=O)(O)O[C@@H]2C(OC)[C@H](n3cnc4c(=O)[nH]c(C)nc43)O[C@@H]2CO)O[C@H]1n1cnc(N)nc1=O.COC1[C@@H](OP(=O)(O)OC[C@H]2O[C@@H](n3cnc4c(=O)[nH]c(C)nc43)C(OC)[C@H]2O)[C@@H](CO)O[C@H]1n1cnc(N)nc1=O.Cc1nc2c(ncn2[C@@H]2O[C@H](COP(=O)(O)O[C@@H]3C(OCc4ccccc4)[C@H](n4cnc(N)nc4=O)O[C@@H]3CO)[C@H](O)C2OCc2ccccc2)c(=O)[nH]1. The second kappa shape index (κ2) is 42.9. The van der Waals surface area contributed by atoms with Gasteiger partial charge in [-0.1, -0.05) is 60.7 Å². The number of hydrogen-bond donors (Lipinski definition) is 15. The molecule has 0 amide bonds. The monoisotopic (exact) mass is 2000 g/mol. The van der Waals surface area contributed by atoms with Crippen LogP contribution in [0.2, 0.25) is 0 Å². The molecule has 63 heteroatoms. The first kappa shape index (κ1) is 101. The number of aromatic nitrogens is 21. The standard InChI is InChI=1S/C33H37N8O12P.2C21H29N8O12P/c1-18-37-28-23(29(44)38-18)35-16-40(28)30-26(48-13-19-8-4-2-5-9-19)24(43)22(52-30)15-50-54(46,47)53-25-21(12-42)51-31(41-17-36-32(34)39-33(41)45)27(25)49-14-20-10-6-3-7-11-20;1-8-25-16-11(17(32)26-8)23-6-28(16)19-15(37-3)13(9(4-30)39-19)41-42(34,35)38-5-10-12(31)14(36-2)18(40-10)29-7-24-20(22)27-21(29)33;1-8-25-16-11(17(32)26-8)23-6-28(16)18-14(36-2)12(31)10(40-18)5-38-42(34,35)41-13-9(4-30)39-19(15(13)37-3)29-7-24-20(22)27-21(29)33/h2-11,16-17,21-22,24-27,30-31,42-43H,12-15H2,1H3,(H,46,47)(H2,34,39,45)(H,37,38,44);2*6-7,9-10,12-15,18-19,30-31H,4-5H2,1-3H3,(H,34,35)(H2,22,27,33)(H,25,26,32)/t21-,22-,24+,25+,26?,27?,30-,31-;2*9-,10-,12+,13+,14?,15?,18-,19-/m111/s1. The van der Waals surface area contributed by atoms with Gasteiger partial charge in [0.25, 0.3) is 16.7 Å². The first-order valence-corrected chi connectivity index (χ1v) is 46.1. The maximum atomic E-state index is 13.6. The number of phosphoric acid groups is 3. The molecule has 18 N–H and O–H groups in total. The summed E-state index contributed by atoms with van der Waals surface area (Å²) < 4.78 is 148. The lowest BCUT2D eigenvalue weighted by Gasteiger charge is -2.26. The smallest absolute Gasteiger partial charge is 0.394 e. The number of aliphatic hydroxyl groups is 6. The van der Waals surface area contributed by atoms with E-state index in [4.69, 9.17) is 101 Å². The van der Waals surface area contributed by atoms with Gasteiger partial charge < -0.3 is 134 Å². The average Bonchev–Trinajstić information content (AvgIpc) is 1.61. The van der Waals surface area contributed by atoms with E-state index in [-0.39, 0.29) is 64.6 Å². The molecular formula is C75H95N24O36P3. The molecule has 2 aromatic carbocycles. The maximum absolute atomic E-state index is 13.6. The number of nitrogens with zero attached hydrogens (tertiary/aromatic N) is 18. The van der Waals surface area contributed by atoms with E-state index < -0.39 is 244 Å². The molecule has 15 heterocycles. The minimum atomic E-state index is -5.08. The molecule has 0 spiro atoms. The third-order valence-electron chi connectivity index (χ3n) is 22.5. The largest absolute Gasteiger partial charge is 0.472 e. The van der Waals surface area contributed by atoms with E-state index in [0.717, 1.165) is 43.8 Å². The minimum absolute atomic E-state index is 0.0238. The Morgan fingerprint density at radius 2 is 0.616 bits per heavy atom. The summed E-state index contributed by atoms with van der Waals surface area (Å²) >= 11 is 0. The van der Waals surface area contributed by atoms with E-state index in [1.54, 1.807) is 45.0 Å². The quantitative estimate of drug-likeness (QED) is 0.0168. The van der Waals surface area contributed by atoms with E-state index in [9.17, 15) is 87.8 Å². The van der Waals surface area contributed by atoms with Crippen molar-refractivity contribution < 1.29 is 143 Å². The van der Waals surface area contributed by atoms with Crippen molar-refractivity contribution in [2.24, 2.45) is 0 Å². The van der Waals surface area contributed by atoms with Crippen molar-refractivity contribution in [3.05, 3.63) is 190 Å². The lowest BCUT2D eigenvalue weighted by Crippen LogP contribution is -2.40. The summed E-state index contributed by atoms with van der Waals surface area (Å²) in [6, 6.07) is 18.1. The van der Waals surface area contributed by atoms with Crippen LogP contribution in [-0.2, 0) is 111 Å². The number of hydrogen-bond acceptors (Lipinski definition) is 48. The van der Waals surface area contributed by atoms with Crippen molar-refractivity contribution in [2.45, 2.75) is 181 Å². The first-order valence-electron chi connectivity index (χ1n) is 41.6. The number of rotatable bonds is 34. The van der Waals surface area contributed by atoms with Crippen LogP contribution in [0.25, 0.3) is 33.5 Å². The number of nitrogens with one attached hydrogen (secondary N) is 3. The number of benzene rings is 2. The summed E-state index contributed by atoms with van der Waals surface area (Å²) in [6.07, 6.45) is -22.5. The number of nitrogen functional groups attached to an aromatic ring is 3. The van der Waals surface area contributed by atoms with Crippen LogP contribution in [0.3, 0.4) is 0 Å². The molecule has 27 atom stereocenters. The lowest BCUT2D eigenvalue weighted by atomic mass is 10.1. The van der Waals surface area contributed by atoms with E-state index >= 15 is 0 Å². The molecule has 138 heavy (non-hydrogen) atoms. The highest BCUT2D eigenvalue weighted by Gasteiger charge is 2.57. The molecule has 6 aliphatic heterocycles. The van der Waals surface area contributed by atoms with Gasteiger partial charge in [-0.25, -0.2) is 72.9 Å². The molecule has 0 aliphatic carbocycles. The molecule has 6 saturated heterocycles. The molecule has 9 aromatic heterocycles. The molecule has 0 bridgehead atoms. The number of H-pyrrole nitrogens is 3. The maximum Gasteiger partial charge on any atom is 0.472 e. The molecule has 0 saturated carbocycles. The van der Waals surface area contributed by atoms with E-state index in [0.29, 0.717) is 17.5 Å². The van der Waals surface area contributed by atoms with Gasteiger partial charge in [-0.15, -0.1) is 0 Å². The van der Waals surface area contributed by atoms with Crippen molar-refractivity contribution in [1.82, 2.24) is 102 Å². The molecule has 0 radical (unpaired) electrons. The van der Waals surface area contributed by atoms with Gasteiger partial charge in [-0.05, 0) is 31.9 Å². The number of aromatic amines is 3. The van der Waals surface area contributed by atoms with Crippen molar-refractivity contribution in [3.8, 4) is 0 Å². The lowest BCUT2D eigenvalue weighted by molar-refractivity contribution is -0.0815. The van der Waals surface area contributed by atoms with Gasteiger partial charge in [0, 0.05) is 28.4 Å². The Kier molecular flexibility index (Phi) is 31.5. The minimum Gasteiger partial charge on any atom is -0.394 e. The number of imidazole rings is 3. The van der Waals surface area contributed by atoms with Crippen LogP contribution in [0.15, 0.2) is 127 Å². The predicted molar refractivity (Wildman–Crippen MR) is 459 cm³/mol. The number of aryl methyl sites for hydroxylation is 3. The highest BCUT2D eigenvalue weighted by molar-refractivity contribution is 7.48. The van der Waals surface area contributed by atoms with Gasteiger partial charge in [0.2, 0.25) is 17.8 Å². The normalized spacial score (nSPS) is 29.4. The van der Waals surface area contributed by atoms with Gasteiger partial charge in [0.05, 0.1) is 71.8 Å². The van der Waals surface area contributed by atoms with Crippen LogP contribution in [0.4, 0.5) is 17.8 Å². The van der Waals surface area contributed by atoms with Crippen LogP contribution in [-0.4, -0.2) is 325 Å². The Hall–Kier alpha value is -11.1. The van der Waals surface area contributed by atoms with Gasteiger partial charge >= 0.3 is 40.5 Å². The fourth-order valence-electron chi connectivity index (χ4n) is 16.1. The van der Waals surface area contributed by atoms with Crippen LogP contribution in [0.5, 0.6) is 0 Å². The van der Waals surface area contributed by atoms with E-state index in [1.165, 1.54) is 61.1 Å². The number of fused-ring (bicyclic) bond motifs is 3. The molecule has 746 valence electrons. The highest BCUT2D eigenvalue weighted by atomic mass is 31.2. The van der Waals surface area contributed by atoms with E-state index in [1.807, 2.05) is 36.4 Å². The topological polar surface area (TPSA) is 812 Å². The van der Waals surface area contributed by atoms with Crippen molar-refractivity contribution in [3.63, 3.8) is 0 Å². The zero-order chi connectivity index (χ0) is 98.7. The first-order chi connectivity index (χ1) is 66.0. The van der Waals surface area contributed by atoms with Crippen LogP contribution in [0.1, 0.15) is 66.0 Å². The summed E-state index contributed by atoms with van der Waals surface area (Å²) in [4.78, 5) is 161. The summed E-state index contributed by atoms with van der Waals surface area (Å²) in [5.41, 5.74) is 14.6. The van der Waals surface area contributed by atoms with Gasteiger partial charge in [0.1, 0.15) is 146 Å². The average molecular weight is 2000 g/mol. The Morgan fingerprint density at radius 3 is 0.928 bits per heavy atom. The Balaban J connectivity index is 0.000000159. The highest BCUT2D eigenvalue weighted by Crippen LogP contribution is 2.54. The molecule has 6 aliphatic rings. The van der Waals surface area contributed by atoms with Crippen LogP contribution in [0, 0.1) is 20.8 Å². The number of methoxy groups -OCH3 is 4. The summed E-state index contributed by atoms with van der Waals surface area (Å²) in [5, 5.41) is 63.0. The molecule has 17 rings (SSSR count). The van der Waals surface area contributed by atoms with Crippen molar-refractivity contribution in [2.75, 3.05) is 85.3 Å². The summed E-state index contributed by atoms with van der Waals surface area (Å²) in [6.45, 7) is 0.755. The Labute approximate surface area is 773 Å². The van der Waals surface area contributed by atoms with Crippen molar-refractivity contribution in [1.29, 1.82) is 0 Å². The summed E-state index contributed by atoms with van der Waals surface area (Å²) in [5.74, 6) is 0.109. The second-order valence-corrected chi connectivity index (χ2v) is 35.6. The Morgan fingerprint density at radius 1 is 0.355 bits per heavy atom. The third-order valence-corrected chi connectivity index (χ3v) is 25.5. The van der Waals surface area contributed by atoms with Crippen LogP contribution < -0.4 is 50.9 Å². The fraction of sp³-hybridized carbons (Fsp3) is 0.520. The zero-order valence-corrected chi connectivity index (χ0v) is 76.1. The second-order valence-electron chi connectivity index (χ2n) is 31.4. The number of phosphoric ester groups is 3. The molecule has 6 fully saturated rings. The predicted octanol–water partition coefficient (Wildman–Crippen LogP) is -4.83. The fourth-order valence-corrected chi connectivity index (χ4v) is 19.0. The number of ether oxygens (including phenoxy) is 12. The third kappa shape index (κ3) is 21.9. The summed E-state index contributed by atoms with van der Waals surface area (Å²) in [7, 11) is -9.82. The zero-order valence-electron chi connectivity index (χ0n) is 73.4.